The van der Waals surface area contributed by atoms with Crippen molar-refractivity contribution in [3.8, 4) is 0 Å². The Morgan fingerprint density at radius 1 is 1.48 bits per heavy atom. The molecule has 0 aliphatic carbocycles. The number of non-ortho nitro benzene ring substituents is 1. The first kappa shape index (κ1) is 15.6. The smallest absolute Gasteiger partial charge is 0.270 e. The predicted octanol–water partition coefficient (Wildman–Crippen LogP) is 1.73. The average Bonchev–Trinajstić information content (AvgIpc) is 2.86. The number of sulfonamides is 1. The first-order valence-electron chi connectivity index (χ1n) is 6.58. The molecule has 1 aromatic rings. The Balaban J connectivity index is 2.35. The van der Waals surface area contributed by atoms with E-state index in [9.17, 15) is 23.3 Å². The van der Waals surface area contributed by atoms with Crippen molar-refractivity contribution in [1.82, 2.24) is 4.31 Å². The van der Waals surface area contributed by atoms with Crippen molar-refractivity contribution in [2.24, 2.45) is 0 Å². The minimum absolute atomic E-state index is 0.0684. The summed E-state index contributed by atoms with van der Waals surface area (Å²) in [5.41, 5.74) is -0.265. The topological polar surface area (TPSA) is 97.6 Å². The summed E-state index contributed by atoms with van der Waals surface area (Å²) in [6.45, 7) is 1.76. The number of nitro groups is 1. The van der Waals surface area contributed by atoms with Crippen molar-refractivity contribution in [3.63, 3.8) is 0 Å². The van der Waals surface area contributed by atoms with Crippen LogP contribution in [0.25, 0.3) is 0 Å². The molecular weight excluding hydrogens is 296 g/mol. The van der Waals surface area contributed by atoms with Crippen molar-refractivity contribution in [3.05, 3.63) is 34.4 Å². The fourth-order valence-corrected chi connectivity index (χ4v) is 4.29. The van der Waals surface area contributed by atoms with Gasteiger partial charge in [-0.15, -0.1) is 0 Å². The zero-order chi connectivity index (χ0) is 15.6. The van der Waals surface area contributed by atoms with E-state index in [-0.39, 0.29) is 28.8 Å². The molecular formula is C13H16N2O5S. The van der Waals surface area contributed by atoms with E-state index in [2.05, 4.69) is 0 Å². The molecule has 1 unspecified atom stereocenters. The first-order chi connectivity index (χ1) is 9.82. The van der Waals surface area contributed by atoms with Crippen LogP contribution in [0.5, 0.6) is 0 Å². The second kappa shape index (κ2) is 5.90. The van der Waals surface area contributed by atoms with Crippen molar-refractivity contribution >= 4 is 21.5 Å². The Bertz CT molecular complexity index is 671. The van der Waals surface area contributed by atoms with E-state index in [0.29, 0.717) is 19.4 Å². The van der Waals surface area contributed by atoms with Gasteiger partial charge in [0.25, 0.3) is 5.69 Å². The van der Waals surface area contributed by atoms with Gasteiger partial charge in [0.15, 0.2) is 0 Å². The van der Waals surface area contributed by atoms with Crippen molar-refractivity contribution in [2.75, 3.05) is 6.54 Å². The molecule has 1 aliphatic heterocycles. The highest BCUT2D eigenvalue weighted by Gasteiger charge is 2.36. The molecule has 0 bridgehead atoms. The molecule has 0 radical (unpaired) electrons. The van der Waals surface area contributed by atoms with E-state index in [1.165, 1.54) is 29.4 Å². The largest absolute Gasteiger partial charge is 0.300 e. The van der Waals surface area contributed by atoms with E-state index >= 15 is 0 Å². The Labute approximate surface area is 122 Å². The highest BCUT2D eigenvalue weighted by molar-refractivity contribution is 7.89. The number of nitrogens with zero attached hydrogens (tertiary/aromatic N) is 2. The average molecular weight is 312 g/mol. The maximum absolute atomic E-state index is 12.6. The lowest BCUT2D eigenvalue weighted by Crippen LogP contribution is -2.36. The molecule has 8 heteroatoms. The number of hydrogen-bond acceptors (Lipinski definition) is 5. The van der Waals surface area contributed by atoms with Gasteiger partial charge in [-0.1, -0.05) is 6.07 Å². The molecule has 0 spiro atoms. The van der Waals surface area contributed by atoms with Crippen molar-refractivity contribution in [2.45, 2.75) is 37.1 Å². The highest BCUT2D eigenvalue weighted by atomic mass is 32.2. The fraction of sp³-hybridized carbons (Fsp3) is 0.462. The number of ketones is 1. The van der Waals surface area contributed by atoms with Gasteiger partial charge in [-0.3, -0.25) is 14.9 Å². The lowest BCUT2D eigenvalue weighted by molar-refractivity contribution is -0.385. The Morgan fingerprint density at radius 3 is 2.81 bits per heavy atom. The van der Waals surface area contributed by atoms with Gasteiger partial charge in [-0.05, 0) is 25.8 Å². The van der Waals surface area contributed by atoms with Crippen LogP contribution in [0.1, 0.15) is 26.2 Å². The summed E-state index contributed by atoms with van der Waals surface area (Å²) < 4.78 is 26.5. The van der Waals surface area contributed by atoms with Gasteiger partial charge >= 0.3 is 0 Å². The van der Waals surface area contributed by atoms with E-state index in [0.717, 1.165) is 6.07 Å². The van der Waals surface area contributed by atoms with Crippen LogP contribution in [0.4, 0.5) is 5.69 Å². The molecule has 2 rings (SSSR count). The SMILES string of the molecule is CC(=O)CC1CCCN1S(=O)(=O)c1cccc([N+](=O)[O-])c1. The minimum Gasteiger partial charge on any atom is -0.300 e. The summed E-state index contributed by atoms with van der Waals surface area (Å²) in [5, 5.41) is 10.8. The summed E-state index contributed by atoms with van der Waals surface area (Å²) in [5.74, 6) is -0.0684. The summed E-state index contributed by atoms with van der Waals surface area (Å²) in [4.78, 5) is 21.3. The van der Waals surface area contributed by atoms with Crippen LogP contribution in [0.2, 0.25) is 0 Å². The van der Waals surface area contributed by atoms with Gasteiger partial charge in [0.05, 0.1) is 9.82 Å². The molecule has 7 nitrogen and oxygen atoms in total. The van der Waals surface area contributed by atoms with E-state index in [1.54, 1.807) is 0 Å². The Kier molecular flexibility index (Phi) is 4.38. The van der Waals surface area contributed by atoms with Crippen molar-refractivity contribution < 1.29 is 18.1 Å². The lowest BCUT2D eigenvalue weighted by Gasteiger charge is -2.23. The van der Waals surface area contributed by atoms with Crippen LogP contribution in [0.3, 0.4) is 0 Å². The highest BCUT2D eigenvalue weighted by Crippen LogP contribution is 2.29. The normalized spacial score (nSPS) is 19.6. The second-order valence-electron chi connectivity index (χ2n) is 5.07. The molecule has 21 heavy (non-hydrogen) atoms. The first-order valence-corrected chi connectivity index (χ1v) is 8.02. The molecule has 1 aliphatic rings. The van der Waals surface area contributed by atoms with E-state index < -0.39 is 14.9 Å². The lowest BCUT2D eigenvalue weighted by atomic mass is 10.1. The number of Topliss-reactive ketones (excluding diaryl/α,β-unsaturated/α-hetero) is 1. The Morgan fingerprint density at radius 2 is 2.19 bits per heavy atom. The molecule has 0 saturated carbocycles. The standard InChI is InChI=1S/C13H16N2O5S/c1-10(16)8-11-5-3-7-14(11)21(19,20)13-6-2-4-12(9-13)15(17)18/h2,4,6,9,11H,3,5,7-8H2,1H3. The maximum atomic E-state index is 12.6. The summed E-state index contributed by atoms with van der Waals surface area (Å²) in [6, 6.07) is 4.63. The van der Waals surface area contributed by atoms with Gasteiger partial charge in [0.2, 0.25) is 10.0 Å². The Hall–Kier alpha value is -1.80. The molecule has 0 amide bonds. The van der Waals surface area contributed by atoms with E-state index in [1.807, 2.05) is 0 Å². The van der Waals surface area contributed by atoms with Crippen LogP contribution < -0.4 is 0 Å². The predicted molar refractivity (Wildman–Crippen MR) is 75.3 cm³/mol. The van der Waals surface area contributed by atoms with Gasteiger partial charge < -0.3 is 0 Å². The number of nitro benzene ring substituents is 1. The molecule has 1 saturated heterocycles. The van der Waals surface area contributed by atoms with Crippen molar-refractivity contribution in [1.29, 1.82) is 0 Å². The zero-order valence-electron chi connectivity index (χ0n) is 11.6. The molecule has 1 aromatic carbocycles. The molecule has 0 N–H and O–H groups in total. The van der Waals surface area contributed by atoms with Crippen LogP contribution in [0, 0.1) is 10.1 Å². The third-order valence-corrected chi connectivity index (χ3v) is 5.43. The molecule has 1 heterocycles. The van der Waals surface area contributed by atoms with Gasteiger partial charge in [0.1, 0.15) is 5.78 Å². The third kappa shape index (κ3) is 3.27. The molecule has 114 valence electrons. The quantitative estimate of drug-likeness (QED) is 0.609. The monoisotopic (exact) mass is 312 g/mol. The van der Waals surface area contributed by atoms with Crippen LogP contribution in [-0.4, -0.2) is 36.0 Å². The maximum Gasteiger partial charge on any atom is 0.270 e. The number of carbonyl (C=O) groups excluding carboxylic acids is 1. The zero-order valence-corrected chi connectivity index (χ0v) is 12.4. The number of benzene rings is 1. The summed E-state index contributed by atoms with van der Waals surface area (Å²) >= 11 is 0. The van der Waals surface area contributed by atoms with Crippen LogP contribution in [0.15, 0.2) is 29.2 Å². The second-order valence-corrected chi connectivity index (χ2v) is 6.96. The summed E-state index contributed by atoms with van der Waals surface area (Å²) in [6.07, 6.45) is 1.49. The fourth-order valence-electron chi connectivity index (χ4n) is 2.55. The number of rotatable bonds is 5. The molecule has 1 atom stereocenters. The molecule has 0 aromatic heterocycles. The third-order valence-electron chi connectivity index (χ3n) is 3.48. The van der Waals surface area contributed by atoms with Crippen LogP contribution >= 0.6 is 0 Å². The number of carbonyl (C=O) groups is 1. The van der Waals surface area contributed by atoms with Crippen LogP contribution in [-0.2, 0) is 14.8 Å². The van der Waals surface area contributed by atoms with E-state index in [4.69, 9.17) is 0 Å². The molecule has 1 fully saturated rings. The minimum atomic E-state index is -3.81. The number of hydrogen-bond donors (Lipinski definition) is 0. The van der Waals surface area contributed by atoms with Gasteiger partial charge in [-0.25, -0.2) is 8.42 Å². The summed E-state index contributed by atoms with van der Waals surface area (Å²) in [7, 11) is -3.81. The van der Waals surface area contributed by atoms with Gasteiger partial charge in [-0.2, -0.15) is 4.31 Å². The van der Waals surface area contributed by atoms with Gasteiger partial charge in [0, 0.05) is 31.1 Å².